The van der Waals surface area contributed by atoms with Crippen molar-refractivity contribution in [2.24, 2.45) is 0 Å². The monoisotopic (exact) mass is 376 g/mol. The Balaban J connectivity index is 1.28. The molecule has 2 aliphatic rings. The second-order valence-corrected chi connectivity index (χ2v) is 7.69. The summed E-state index contributed by atoms with van der Waals surface area (Å²) in [4.78, 5) is 11.3. The zero-order valence-corrected chi connectivity index (χ0v) is 16.1. The predicted molar refractivity (Wildman–Crippen MR) is 105 cm³/mol. The molecule has 6 heteroatoms. The molecule has 1 aromatic carbocycles. The Morgan fingerprint density at radius 3 is 2.61 bits per heavy atom. The van der Waals surface area contributed by atoms with Crippen LogP contribution in [0.25, 0.3) is 11.5 Å². The Morgan fingerprint density at radius 2 is 1.93 bits per heavy atom. The molecule has 0 amide bonds. The van der Waals surface area contributed by atoms with E-state index in [1.807, 2.05) is 12.1 Å². The highest BCUT2D eigenvalue weighted by molar-refractivity contribution is 5.51. The molecule has 0 saturated heterocycles. The fourth-order valence-corrected chi connectivity index (χ4v) is 4.00. The van der Waals surface area contributed by atoms with E-state index >= 15 is 0 Å². The van der Waals surface area contributed by atoms with Crippen molar-refractivity contribution in [1.82, 2.24) is 20.0 Å². The SMILES string of the molecule is Cc1noc(-c2ccc(Oc3ccc4c(c3)CCN(C3CCC3)CC4)nc2)n1. The molecule has 0 bridgehead atoms. The molecule has 6 nitrogen and oxygen atoms in total. The minimum atomic E-state index is 0.470. The van der Waals surface area contributed by atoms with E-state index in [0.29, 0.717) is 17.6 Å². The van der Waals surface area contributed by atoms with Crippen molar-refractivity contribution in [3.05, 3.63) is 53.5 Å². The third-order valence-corrected chi connectivity index (χ3v) is 5.84. The van der Waals surface area contributed by atoms with Crippen LogP contribution in [0.15, 0.2) is 41.1 Å². The van der Waals surface area contributed by atoms with Gasteiger partial charge >= 0.3 is 0 Å². The number of benzene rings is 1. The largest absolute Gasteiger partial charge is 0.439 e. The van der Waals surface area contributed by atoms with Crippen LogP contribution in [0.1, 0.15) is 36.2 Å². The molecule has 28 heavy (non-hydrogen) atoms. The zero-order chi connectivity index (χ0) is 18.9. The Labute approximate surface area is 164 Å². The first-order valence-corrected chi connectivity index (χ1v) is 10.0. The van der Waals surface area contributed by atoms with Crippen molar-refractivity contribution in [1.29, 1.82) is 0 Å². The van der Waals surface area contributed by atoms with Gasteiger partial charge in [-0.05, 0) is 61.9 Å². The van der Waals surface area contributed by atoms with E-state index in [-0.39, 0.29) is 0 Å². The number of hydrogen-bond acceptors (Lipinski definition) is 6. The van der Waals surface area contributed by atoms with Crippen LogP contribution in [-0.4, -0.2) is 39.2 Å². The van der Waals surface area contributed by atoms with Gasteiger partial charge in [0.05, 0.1) is 5.56 Å². The molecule has 1 aliphatic heterocycles. The lowest BCUT2D eigenvalue weighted by molar-refractivity contribution is 0.133. The number of rotatable bonds is 4. The van der Waals surface area contributed by atoms with Crippen molar-refractivity contribution in [2.45, 2.75) is 45.1 Å². The van der Waals surface area contributed by atoms with Crippen LogP contribution in [0.2, 0.25) is 0 Å². The van der Waals surface area contributed by atoms with E-state index in [4.69, 9.17) is 9.26 Å². The average molecular weight is 376 g/mol. The Morgan fingerprint density at radius 1 is 1.07 bits per heavy atom. The minimum Gasteiger partial charge on any atom is -0.439 e. The standard InChI is InChI=1S/C22H24N4O2/c1-15-24-22(28-25-15)18-6-8-21(23-14-18)27-20-7-5-16-9-11-26(19-3-2-4-19)12-10-17(16)13-20/h5-8,13-14,19H,2-4,9-12H2,1H3. The third-order valence-electron chi connectivity index (χ3n) is 5.84. The third kappa shape index (κ3) is 3.52. The second-order valence-electron chi connectivity index (χ2n) is 7.69. The number of nitrogens with zero attached hydrogens (tertiary/aromatic N) is 4. The topological polar surface area (TPSA) is 64.3 Å². The summed E-state index contributed by atoms with van der Waals surface area (Å²) in [5, 5.41) is 3.81. The number of aryl methyl sites for hydroxylation is 1. The van der Waals surface area contributed by atoms with Crippen molar-refractivity contribution in [3.63, 3.8) is 0 Å². The first kappa shape index (κ1) is 17.4. The van der Waals surface area contributed by atoms with Crippen molar-refractivity contribution in [2.75, 3.05) is 13.1 Å². The highest BCUT2D eigenvalue weighted by Gasteiger charge is 2.26. The van der Waals surface area contributed by atoms with Gasteiger partial charge in [0.15, 0.2) is 5.82 Å². The minimum absolute atomic E-state index is 0.470. The lowest BCUT2D eigenvalue weighted by Gasteiger charge is -2.36. The maximum Gasteiger partial charge on any atom is 0.259 e. The highest BCUT2D eigenvalue weighted by Crippen LogP contribution is 2.30. The van der Waals surface area contributed by atoms with Crippen LogP contribution in [-0.2, 0) is 12.8 Å². The molecule has 1 aliphatic carbocycles. The molecule has 2 aromatic heterocycles. The Kier molecular flexibility index (Phi) is 4.56. The van der Waals surface area contributed by atoms with Gasteiger partial charge in [0.2, 0.25) is 5.88 Å². The zero-order valence-electron chi connectivity index (χ0n) is 16.1. The fourth-order valence-electron chi connectivity index (χ4n) is 4.00. The van der Waals surface area contributed by atoms with Crippen LogP contribution in [0.3, 0.4) is 0 Å². The van der Waals surface area contributed by atoms with Crippen LogP contribution in [0.4, 0.5) is 0 Å². The number of aromatic nitrogens is 3. The molecule has 0 N–H and O–H groups in total. The van der Waals surface area contributed by atoms with Gasteiger partial charge in [-0.15, -0.1) is 0 Å². The van der Waals surface area contributed by atoms with Crippen molar-refractivity contribution in [3.8, 4) is 23.1 Å². The molecule has 0 atom stereocenters. The molecule has 1 fully saturated rings. The summed E-state index contributed by atoms with van der Waals surface area (Å²) < 4.78 is 11.2. The fraction of sp³-hybridized carbons (Fsp3) is 0.409. The number of ether oxygens (including phenoxy) is 1. The molecule has 3 aromatic rings. The van der Waals surface area contributed by atoms with Gasteiger partial charge in [0.1, 0.15) is 5.75 Å². The summed E-state index contributed by atoms with van der Waals surface area (Å²) in [5.74, 6) is 2.48. The van der Waals surface area contributed by atoms with E-state index in [1.165, 1.54) is 36.9 Å². The predicted octanol–water partition coefficient (Wildman–Crippen LogP) is 4.19. The summed E-state index contributed by atoms with van der Waals surface area (Å²) in [5.41, 5.74) is 3.63. The van der Waals surface area contributed by atoms with E-state index < -0.39 is 0 Å². The molecule has 144 valence electrons. The van der Waals surface area contributed by atoms with Crippen molar-refractivity contribution < 1.29 is 9.26 Å². The smallest absolute Gasteiger partial charge is 0.259 e. The lowest BCUT2D eigenvalue weighted by atomic mass is 9.91. The molecule has 3 heterocycles. The van der Waals surface area contributed by atoms with Gasteiger partial charge in [0, 0.05) is 31.4 Å². The van der Waals surface area contributed by atoms with Gasteiger partial charge in [-0.2, -0.15) is 4.98 Å². The lowest BCUT2D eigenvalue weighted by Crippen LogP contribution is -2.41. The molecule has 0 spiro atoms. The summed E-state index contributed by atoms with van der Waals surface area (Å²) >= 11 is 0. The number of hydrogen-bond donors (Lipinski definition) is 0. The first-order chi connectivity index (χ1) is 13.7. The summed E-state index contributed by atoms with van der Waals surface area (Å²) in [6.07, 6.45) is 8.05. The van der Waals surface area contributed by atoms with Crippen LogP contribution in [0.5, 0.6) is 11.6 Å². The molecule has 0 radical (unpaired) electrons. The van der Waals surface area contributed by atoms with Gasteiger partial charge in [0.25, 0.3) is 5.89 Å². The molecular weight excluding hydrogens is 352 g/mol. The second kappa shape index (κ2) is 7.36. The average Bonchev–Trinajstić information content (AvgIpc) is 3.00. The molecule has 5 rings (SSSR count). The number of pyridine rings is 1. The Hall–Kier alpha value is -2.73. The van der Waals surface area contributed by atoms with E-state index in [0.717, 1.165) is 36.7 Å². The van der Waals surface area contributed by atoms with Crippen LogP contribution in [0, 0.1) is 6.92 Å². The van der Waals surface area contributed by atoms with Gasteiger partial charge in [-0.3, -0.25) is 4.90 Å². The van der Waals surface area contributed by atoms with Gasteiger partial charge < -0.3 is 9.26 Å². The van der Waals surface area contributed by atoms with E-state index in [2.05, 4.69) is 38.2 Å². The Bertz CT molecular complexity index is 963. The normalized spacial score (nSPS) is 17.6. The van der Waals surface area contributed by atoms with Gasteiger partial charge in [-0.25, -0.2) is 4.98 Å². The molecule has 0 unspecified atom stereocenters. The maximum absolute atomic E-state index is 6.00. The van der Waals surface area contributed by atoms with E-state index in [1.54, 1.807) is 13.1 Å². The van der Waals surface area contributed by atoms with Crippen LogP contribution < -0.4 is 4.74 Å². The highest BCUT2D eigenvalue weighted by atomic mass is 16.5. The summed E-state index contributed by atoms with van der Waals surface area (Å²) in [6, 6.07) is 11.0. The summed E-state index contributed by atoms with van der Waals surface area (Å²) in [6.45, 7) is 4.12. The van der Waals surface area contributed by atoms with Crippen LogP contribution >= 0.6 is 0 Å². The van der Waals surface area contributed by atoms with Crippen molar-refractivity contribution >= 4 is 0 Å². The molecular formula is C22H24N4O2. The number of fused-ring (bicyclic) bond motifs is 1. The first-order valence-electron chi connectivity index (χ1n) is 10.0. The quantitative estimate of drug-likeness (QED) is 0.680. The van der Waals surface area contributed by atoms with Gasteiger partial charge in [-0.1, -0.05) is 17.6 Å². The summed E-state index contributed by atoms with van der Waals surface area (Å²) in [7, 11) is 0. The van der Waals surface area contributed by atoms with E-state index in [9.17, 15) is 0 Å². The maximum atomic E-state index is 6.00. The molecule has 1 saturated carbocycles.